The molecule has 6 nitrogen and oxygen atoms in total. The lowest BCUT2D eigenvalue weighted by Gasteiger charge is -2.14. The van der Waals surface area contributed by atoms with Crippen LogP contribution in [0.4, 0.5) is 0 Å². The van der Waals surface area contributed by atoms with E-state index in [1.54, 1.807) is 24.3 Å². The third-order valence-corrected chi connectivity index (χ3v) is 2.33. The van der Waals surface area contributed by atoms with Crippen LogP contribution in [0.3, 0.4) is 0 Å². The number of nitrogens with one attached hydrogen (secondary N) is 1. The van der Waals surface area contributed by atoms with Gasteiger partial charge in [-0.15, -0.1) is 0 Å². The third-order valence-electron chi connectivity index (χ3n) is 2.33. The molecule has 0 aliphatic rings. The van der Waals surface area contributed by atoms with Gasteiger partial charge in [0.05, 0.1) is 6.04 Å². The molecule has 0 bridgehead atoms. The summed E-state index contributed by atoms with van der Waals surface area (Å²) >= 11 is 0. The Balaban J connectivity index is 2.75. The number of ketones is 1. The highest BCUT2D eigenvalue weighted by Crippen LogP contribution is 2.04. The van der Waals surface area contributed by atoms with E-state index in [0.717, 1.165) is 5.56 Å². The summed E-state index contributed by atoms with van der Waals surface area (Å²) in [5, 5.41) is 12.8. The minimum absolute atomic E-state index is 0.257. The topological polar surface area (TPSA) is 89.3 Å². The van der Waals surface area contributed by atoms with Crippen LogP contribution >= 0.6 is 0 Å². The highest BCUT2D eigenvalue weighted by molar-refractivity contribution is 5.89. The number of nitrogens with zero attached hydrogens (tertiary/aromatic N) is 1. The average Bonchev–Trinajstić information content (AvgIpc) is 2.28. The van der Waals surface area contributed by atoms with Gasteiger partial charge in [-0.25, -0.2) is 0 Å². The standard InChI is InChI=1S/C12H14N2O4/c1-9(15)13-11(12(16)8-14(17)18)7-10-5-3-2-4-6-10/h2-6,11H,7-8H2,1H3,(H,13,15)/t11-/m0/s1. The summed E-state index contributed by atoms with van der Waals surface area (Å²) in [4.78, 5) is 32.3. The summed E-state index contributed by atoms with van der Waals surface area (Å²) in [6, 6.07) is 8.18. The van der Waals surface area contributed by atoms with Gasteiger partial charge in [0.25, 0.3) is 6.54 Å². The Morgan fingerprint density at radius 2 is 1.94 bits per heavy atom. The zero-order valence-corrected chi connectivity index (χ0v) is 9.96. The highest BCUT2D eigenvalue weighted by atomic mass is 16.6. The van der Waals surface area contributed by atoms with E-state index < -0.39 is 23.3 Å². The SMILES string of the molecule is CC(=O)N[C@@H](Cc1ccccc1)C(=O)C[N+](=O)[O-]. The summed E-state index contributed by atoms with van der Waals surface area (Å²) in [5.41, 5.74) is 0.841. The molecule has 0 aliphatic heterocycles. The van der Waals surface area contributed by atoms with Crippen molar-refractivity contribution in [3.8, 4) is 0 Å². The Hall–Kier alpha value is -2.24. The summed E-state index contributed by atoms with van der Waals surface area (Å²) < 4.78 is 0. The first-order chi connectivity index (χ1) is 8.49. The predicted octanol–water partition coefficient (Wildman–Crippen LogP) is 0.580. The summed E-state index contributed by atoms with van der Waals surface area (Å²) in [7, 11) is 0. The Bertz CT molecular complexity index is 445. The smallest absolute Gasteiger partial charge is 0.263 e. The molecule has 0 aliphatic carbocycles. The molecular formula is C12H14N2O4. The molecule has 0 saturated carbocycles. The molecule has 18 heavy (non-hydrogen) atoms. The maximum atomic E-state index is 11.6. The summed E-state index contributed by atoms with van der Waals surface area (Å²) in [6.45, 7) is 0.495. The fourth-order valence-corrected chi connectivity index (χ4v) is 1.58. The molecule has 0 unspecified atom stereocenters. The van der Waals surface area contributed by atoms with Crippen LogP contribution < -0.4 is 5.32 Å². The zero-order valence-electron chi connectivity index (χ0n) is 9.96. The second-order valence-electron chi connectivity index (χ2n) is 3.90. The first-order valence-electron chi connectivity index (χ1n) is 5.44. The zero-order chi connectivity index (χ0) is 13.5. The molecule has 0 heterocycles. The largest absolute Gasteiger partial charge is 0.346 e. The minimum Gasteiger partial charge on any atom is -0.346 e. The van der Waals surface area contributed by atoms with Crippen molar-refractivity contribution in [1.82, 2.24) is 5.32 Å². The molecule has 0 saturated heterocycles. The number of nitro groups is 1. The van der Waals surface area contributed by atoms with Gasteiger partial charge in [-0.1, -0.05) is 30.3 Å². The first-order valence-corrected chi connectivity index (χ1v) is 5.44. The van der Waals surface area contributed by atoms with Crippen LogP contribution in [0, 0.1) is 10.1 Å². The fraction of sp³-hybridized carbons (Fsp3) is 0.333. The maximum absolute atomic E-state index is 11.6. The molecule has 0 aromatic heterocycles. The van der Waals surface area contributed by atoms with Crippen molar-refractivity contribution in [2.24, 2.45) is 0 Å². The van der Waals surface area contributed by atoms with E-state index in [0.29, 0.717) is 0 Å². The van der Waals surface area contributed by atoms with Crippen LogP contribution in [0.25, 0.3) is 0 Å². The molecule has 1 N–H and O–H groups in total. The van der Waals surface area contributed by atoms with Gasteiger partial charge in [-0.3, -0.25) is 19.7 Å². The number of Topliss-reactive ketones (excluding diaryl/α,β-unsaturated/α-hetero) is 1. The number of amides is 1. The molecule has 1 amide bonds. The molecule has 1 atom stereocenters. The number of rotatable bonds is 6. The molecule has 0 radical (unpaired) electrons. The Labute approximate surface area is 104 Å². The van der Waals surface area contributed by atoms with E-state index in [2.05, 4.69) is 5.32 Å². The van der Waals surface area contributed by atoms with Crippen molar-refractivity contribution in [2.45, 2.75) is 19.4 Å². The van der Waals surface area contributed by atoms with Crippen LogP contribution in [0.2, 0.25) is 0 Å². The Kier molecular flexibility index (Phi) is 4.98. The van der Waals surface area contributed by atoms with Gasteiger partial charge in [0, 0.05) is 18.3 Å². The van der Waals surface area contributed by atoms with Crippen LogP contribution in [0.5, 0.6) is 0 Å². The normalized spacial score (nSPS) is 11.6. The van der Waals surface area contributed by atoms with Crippen molar-refractivity contribution in [1.29, 1.82) is 0 Å². The van der Waals surface area contributed by atoms with Gasteiger partial charge in [-0.05, 0) is 5.56 Å². The van der Waals surface area contributed by atoms with Gasteiger partial charge in [-0.2, -0.15) is 0 Å². The van der Waals surface area contributed by atoms with Crippen molar-refractivity contribution in [3.63, 3.8) is 0 Å². The molecular weight excluding hydrogens is 236 g/mol. The van der Waals surface area contributed by atoms with Crippen molar-refractivity contribution in [3.05, 3.63) is 46.0 Å². The number of hydrogen-bond acceptors (Lipinski definition) is 4. The van der Waals surface area contributed by atoms with Gasteiger partial charge >= 0.3 is 0 Å². The predicted molar refractivity (Wildman–Crippen MR) is 64.6 cm³/mol. The molecule has 6 heteroatoms. The number of carbonyl (C=O) groups is 2. The quantitative estimate of drug-likeness (QED) is 0.590. The van der Waals surface area contributed by atoms with Gasteiger partial charge in [0.15, 0.2) is 0 Å². The molecule has 1 rings (SSSR count). The number of benzene rings is 1. The number of carbonyl (C=O) groups excluding carboxylic acids is 2. The second kappa shape index (κ2) is 6.48. The fourth-order valence-electron chi connectivity index (χ4n) is 1.58. The van der Waals surface area contributed by atoms with E-state index in [1.807, 2.05) is 6.07 Å². The number of hydrogen-bond donors (Lipinski definition) is 1. The lowest BCUT2D eigenvalue weighted by atomic mass is 10.0. The Morgan fingerprint density at radius 1 is 1.33 bits per heavy atom. The highest BCUT2D eigenvalue weighted by Gasteiger charge is 2.23. The van der Waals surface area contributed by atoms with E-state index in [-0.39, 0.29) is 12.3 Å². The first kappa shape index (κ1) is 13.8. The van der Waals surface area contributed by atoms with Gasteiger partial charge in [0.1, 0.15) is 0 Å². The lowest BCUT2D eigenvalue weighted by Crippen LogP contribution is -2.43. The van der Waals surface area contributed by atoms with Crippen molar-refractivity contribution < 1.29 is 14.5 Å². The molecule has 0 spiro atoms. The molecule has 0 fully saturated rings. The molecule has 1 aromatic rings. The van der Waals surface area contributed by atoms with Gasteiger partial charge in [0.2, 0.25) is 11.7 Å². The van der Waals surface area contributed by atoms with Crippen LogP contribution in [-0.4, -0.2) is 29.2 Å². The summed E-state index contributed by atoms with van der Waals surface area (Å²) in [6.07, 6.45) is 0.257. The van der Waals surface area contributed by atoms with E-state index in [1.165, 1.54) is 6.92 Å². The summed E-state index contributed by atoms with van der Waals surface area (Å²) in [5.74, 6) is -0.980. The lowest BCUT2D eigenvalue weighted by molar-refractivity contribution is -0.467. The van der Waals surface area contributed by atoms with E-state index >= 15 is 0 Å². The van der Waals surface area contributed by atoms with Crippen molar-refractivity contribution >= 4 is 11.7 Å². The monoisotopic (exact) mass is 250 g/mol. The Morgan fingerprint density at radius 3 is 2.44 bits per heavy atom. The third kappa shape index (κ3) is 4.73. The van der Waals surface area contributed by atoms with E-state index in [9.17, 15) is 19.7 Å². The van der Waals surface area contributed by atoms with Crippen LogP contribution in [-0.2, 0) is 16.0 Å². The minimum atomic E-state index is -0.852. The van der Waals surface area contributed by atoms with Crippen LogP contribution in [0.1, 0.15) is 12.5 Å². The molecule has 96 valence electrons. The average molecular weight is 250 g/mol. The second-order valence-corrected chi connectivity index (χ2v) is 3.90. The van der Waals surface area contributed by atoms with Gasteiger partial charge < -0.3 is 5.32 Å². The van der Waals surface area contributed by atoms with Crippen molar-refractivity contribution in [2.75, 3.05) is 6.54 Å². The maximum Gasteiger partial charge on any atom is 0.263 e. The van der Waals surface area contributed by atoms with Crippen LogP contribution in [0.15, 0.2) is 30.3 Å². The van der Waals surface area contributed by atoms with E-state index in [4.69, 9.17) is 0 Å². The molecule has 1 aromatic carbocycles.